The number of hydrogen-bond acceptors (Lipinski definition) is 5. The Morgan fingerprint density at radius 2 is 2.00 bits per heavy atom. The SMILES string of the molecule is CCc1cccc(NC(=O)N2CCc3nc(C)nc(N4C[C@@H](C)O[C@H](C)C4)c3C2)c1. The van der Waals surface area contributed by atoms with E-state index in [0.717, 1.165) is 54.5 Å². The van der Waals surface area contributed by atoms with Crippen LogP contribution in [0.5, 0.6) is 0 Å². The molecule has 1 aromatic carbocycles. The molecule has 30 heavy (non-hydrogen) atoms. The molecule has 0 saturated carbocycles. The van der Waals surface area contributed by atoms with Gasteiger partial charge in [-0.3, -0.25) is 0 Å². The van der Waals surface area contributed by atoms with Crippen molar-refractivity contribution in [1.82, 2.24) is 14.9 Å². The standard InChI is InChI=1S/C23H31N5O2/c1-5-18-7-6-8-19(11-18)26-23(29)27-10-9-21-20(14-27)22(25-17(4)24-21)28-12-15(2)30-16(3)13-28/h6-8,11,15-16H,5,9-10,12-14H2,1-4H3,(H,26,29)/t15-,16-/m1/s1. The van der Waals surface area contributed by atoms with E-state index in [0.29, 0.717) is 13.1 Å². The van der Waals surface area contributed by atoms with Gasteiger partial charge in [0.05, 0.1) is 24.4 Å². The maximum absolute atomic E-state index is 13.0. The smallest absolute Gasteiger partial charge is 0.322 e. The molecule has 7 heteroatoms. The van der Waals surface area contributed by atoms with Crippen molar-refractivity contribution in [3.8, 4) is 0 Å². The molecule has 0 aliphatic carbocycles. The maximum Gasteiger partial charge on any atom is 0.322 e. The highest BCUT2D eigenvalue weighted by Gasteiger charge is 2.30. The number of morpholine rings is 1. The number of carbonyl (C=O) groups excluding carboxylic acids is 1. The highest BCUT2D eigenvalue weighted by molar-refractivity contribution is 5.89. The van der Waals surface area contributed by atoms with Crippen LogP contribution in [0.15, 0.2) is 24.3 Å². The van der Waals surface area contributed by atoms with Crippen molar-refractivity contribution in [2.75, 3.05) is 29.9 Å². The van der Waals surface area contributed by atoms with Gasteiger partial charge in [-0.15, -0.1) is 0 Å². The molecular formula is C23H31N5O2. The normalized spacial score (nSPS) is 21.3. The molecule has 3 heterocycles. The van der Waals surface area contributed by atoms with E-state index in [4.69, 9.17) is 9.72 Å². The molecule has 0 unspecified atom stereocenters. The Bertz CT molecular complexity index is 922. The Labute approximate surface area is 178 Å². The van der Waals surface area contributed by atoms with Gasteiger partial charge in [-0.1, -0.05) is 19.1 Å². The first-order chi connectivity index (χ1) is 14.4. The molecule has 1 aromatic heterocycles. The van der Waals surface area contributed by atoms with Crippen LogP contribution in [0.3, 0.4) is 0 Å². The Morgan fingerprint density at radius 1 is 1.23 bits per heavy atom. The van der Waals surface area contributed by atoms with E-state index in [2.05, 4.69) is 42.0 Å². The van der Waals surface area contributed by atoms with Crippen LogP contribution in [-0.2, 0) is 24.1 Å². The fourth-order valence-corrected chi connectivity index (χ4v) is 4.37. The Hall–Kier alpha value is -2.67. The lowest BCUT2D eigenvalue weighted by molar-refractivity contribution is -0.00557. The molecule has 2 amide bonds. The quantitative estimate of drug-likeness (QED) is 0.839. The van der Waals surface area contributed by atoms with Gasteiger partial charge in [-0.05, 0) is 44.9 Å². The molecule has 2 aliphatic heterocycles. The zero-order valence-electron chi connectivity index (χ0n) is 18.3. The lowest BCUT2D eigenvalue weighted by Gasteiger charge is -2.38. The predicted molar refractivity (Wildman–Crippen MR) is 118 cm³/mol. The maximum atomic E-state index is 13.0. The highest BCUT2D eigenvalue weighted by Crippen LogP contribution is 2.29. The summed E-state index contributed by atoms with van der Waals surface area (Å²) >= 11 is 0. The third-order valence-corrected chi connectivity index (χ3v) is 5.74. The van der Waals surface area contributed by atoms with Crippen molar-refractivity contribution in [1.29, 1.82) is 0 Å². The molecule has 0 radical (unpaired) electrons. The largest absolute Gasteiger partial charge is 0.372 e. The number of urea groups is 1. The number of hydrogen-bond donors (Lipinski definition) is 1. The third-order valence-electron chi connectivity index (χ3n) is 5.74. The number of rotatable bonds is 3. The van der Waals surface area contributed by atoms with E-state index in [1.807, 2.05) is 30.0 Å². The van der Waals surface area contributed by atoms with Gasteiger partial charge >= 0.3 is 6.03 Å². The number of aromatic nitrogens is 2. The first-order valence-corrected chi connectivity index (χ1v) is 10.8. The summed E-state index contributed by atoms with van der Waals surface area (Å²) in [5, 5.41) is 3.05. The summed E-state index contributed by atoms with van der Waals surface area (Å²) in [6.45, 7) is 11.0. The number of nitrogens with zero attached hydrogens (tertiary/aromatic N) is 4. The first-order valence-electron chi connectivity index (χ1n) is 10.8. The molecule has 1 fully saturated rings. The second-order valence-electron chi connectivity index (χ2n) is 8.34. The fraction of sp³-hybridized carbons (Fsp3) is 0.522. The summed E-state index contributed by atoms with van der Waals surface area (Å²) < 4.78 is 5.90. The Kier molecular flexibility index (Phi) is 5.90. The summed E-state index contributed by atoms with van der Waals surface area (Å²) in [7, 11) is 0. The highest BCUT2D eigenvalue weighted by atomic mass is 16.5. The molecule has 0 bridgehead atoms. The molecule has 160 valence electrons. The molecule has 4 rings (SSSR count). The van der Waals surface area contributed by atoms with E-state index in [1.165, 1.54) is 5.56 Å². The molecule has 2 aromatic rings. The number of amides is 2. The number of fused-ring (bicyclic) bond motifs is 1. The average molecular weight is 410 g/mol. The molecular weight excluding hydrogens is 378 g/mol. The van der Waals surface area contributed by atoms with Gasteiger partial charge in [0, 0.05) is 37.3 Å². The van der Waals surface area contributed by atoms with Gasteiger partial charge < -0.3 is 19.9 Å². The zero-order valence-corrected chi connectivity index (χ0v) is 18.3. The summed E-state index contributed by atoms with van der Waals surface area (Å²) in [4.78, 5) is 26.6. The lowest BCUT2D eigenvalue weighted by atomic mass is 10.0. The number of nitrogens with one attached hydrogen (secondary N) is 1. The molecule has 1 saturated heterocycles. The summed E-state index contributed by atoms with van der Waals surface area (Å²) in [5.41, 5.74) is 4.16. The van der Waals surface area contributed by atoms with Crippen LogP contribution >= 0.6 is 0 Å². The third kappa shape index (κ3) is 4.41. The number of ether oxygens (including phenoxy) is 1. The van der Waals surface area contributed by atoms with E-state index in [9.17, 15) is 4.79 Å². The van der Waals surface area contributed by atoms with E-state index in [-0.39, 0.29) is 18.2 Å². The molecule has 2 atom stereocenters. The molecule has 2 aliphatic rings. The van der Waals surface area contributed by atoms with Crippen LogP contribution in [0.4, 0.5) is 16.3 Å². The summed E-state index contributed by atoms with van der Waals surface area (Å²) in [6.07, 6.45) is 1.97. The van der Waals surface area contributed by atoms with Gasteiger partial charge in [0.15, 0.2) is 0 Å². The minimum Gasteiger partial charge on any atom is -0.372 e. The van der Waals surface area contributed by atoms with Gasteiger partial charge in [0.1, 0.15) is 11.6 Å². The molecule has 1 N–H and O–H groups in total. The predicted octanol–water partition coefficient (Wildman–Crippen LogP) is 3.55. The Balaban J connectivity index is 1.55. The van der Waals surface area contributed by atoms with Crippen molar-refractivity contribution < 1.29 is 9.53 Å². The lowest BCUT2D eigenvalue weighted by Crippen LogP contribution is -2.47. The first kappa shape index (κ1) is 20.6. The van der Waals surface area contributed by atoms with Crippen molar-refractivity contribution in [2.24, 2.45) is 0 Å². The second kappa shape index (κ2) is 8.60. The van der Waals surface area contributed by atoms with Gasteiger partial charge in [0.2, 0.25) is 0 Å². The van der Waals surface area contributed by atoms with Gasteiger partial charge in [0.25, 0.3) is 0 Å². The summed E-state index contributed by atoms with van der Waals surface area (Å²) in [5.74, 6) is 1.73. The van der Waals surface area contributed by atoms with E-state index in [1.54, 1.807) is 0 Å². The van der Waals surface area contributed by atoms with Crippen LogP contribution in [-0.4, -0.2) is 52.7 Å². The van der Waals surface area contributed by atoms with Crippen LogP contribution in [0.25, 0.3) is 0 Å². The number of carbonyl (C=O) groups is 1. The van der Waals surface area contributed by atoms with Crippen molar-refractivity contribution >= 4 is 17.5 Å². The minimum absolute atomic E-state index is 0.0795. The van der Waals surface area contributed by atoms with Crippen molar-refractivity contribution in [3.63, 3.8) is 0 Å². The number of aryl methyl sites for hydroxylation is 2. The number of anilines is 2. The zero-order chi connectivity index (χ0) is 21.3. The van der Waals surface area contributed by atoms with Crippen LogP contribution in [0.2, 0.25) is 0 Å². The topological polar surface area (TPSA) is 70.6 Å². The summed E-state index contributed by atoms with van der Waals surface area (Å²) in [6, 6.07) is 7.94. The molecule has 0 spiro atoms. The molecule has 7 nitrogen and oxygen atoms in total. The van der Waals surface area contributed by atoms with Crippen LogP contribution in [0.1, 0.15) is 43.4 Å². The van der Waals surface area contributed by atoms with Crippen molar-refractivity contribution in [2.45, 2.75) is 59.3 Å². The minimum atomic E-state index is -0.0795. The average Bonchev–Trinajstić information content (AvgIpc) is 2.72. The number of benzene rings is 1. The van der Waals surface area contributed by atoms with E-state index < -0.39 is 0 Å². The monoisotopic (exact) mass is 409 g/mol. The van der Waals surface area contributed by atoms with Crippen LogP contribution < -0.4 is 10.2 Å². The van der Waals surface area contributed by atoms with Crippen LogP contribution in [0, 0.1) is 6.92 Å². The van der Waals surface area contributed by atoms with Gasteiger partial charge in [-0.25, -0.2) is 14.8 Å². The second-order valence-corrected chi connectivity index (χ2v) is 8.34. The van der Waals surface area contributed by atoms with Crippen molar-refractivity contribution in [3.05, 3.63) is 46.9 Å². The van der Waals surface area contributed by atoms with Gasteiger partial charge in [-0.2, -0.15) is 0 Å². The fourth-order valence-electron chi connectivity index (χ4n) is 4.37. The van der Waals surface area contributed by atoms with E-state index >= 15 is 0 Å². The Morgan fingerprint density at radius 3 is 2.73 bits per heavy atom.